The Morgan fingerprint density at radius 1 is 1.54 bits per heavy atom. The summed E-state index contributed by atoms with van der Waals surface area (Å²) in [6.45, 7) is 1.90. The van der Waals surface area contributed by atoms with Crippen molar-refractivity contribution in [2.24, 2.45) is 7.05 Å². The van der Waals surface area contributed by atoms with E-state index in [9.17, 15) is 0 Å². The van der Waals surface area contributed by atoms with Gasteiger partial charge in [0.25, 0.3) is 0 Å². The maximum absolute atomic E-state index is 4.12. The molecule has 1 aromatic rings. The van der Waals surface area contributed by atoms with Crippen LogP contribution in [0.2, 0.25) is 0 Å². The summed E-state index contributed by atoms with van der Waals surface area (Å²) < 4.78 is 0. The molecule has 0 saturated carbocycles. The number of halogens is 1. The molecule has 1 N–H and O–H groups in total. The van der Waals surface area contributed by atoms with Gasteiger partial charge in [0.05, 0.1) is 7.05 Å². The average Bonchev–Trinajstić information content (AvgIpc) is 2.54. The minimum atomic E-state index is 0. The van der Waals surface area contributed by atoms with Gasteiger partial charge >= 0.3 is 0 Å². The summed E-state index contributed by atoms with van der Waals surface area (Å²) in [7, 11) is 1.77. The van der Waals surface area contributed by atoms with Gasteiger partial charge in [-0.1, -0.05) is 6.08 Å². The largest absolute Gasteiger partial charge is 0.312 e. The highest BCUT2D eigenvalue weighted by atomic mass is 79.9. The summed E-state index contributed by atoms with van der Waals surface area (Å²) in [6, 6.07) is 0. The van der Waals surface area contributed by atoms with E-state index in [0.29, 0.717) is 0 Å². The second-order valence-electron chi connectivity index (χ2n) is 2.80. The van der Waals surface area contributed by atoms with E-state index in [1.54, 1.807) is 7.05 Å². The summed E-state index contributed by atoms with van der Waals surface area (Å²) in [4.78, 5) is 1.48. The minimum absolute atomic E-state index is 0. The first-order chi connectivity index (χ1) is 5.86. The highest BCUT2D eigenvalue weighted by molar-refractivity contribution is 8.93. The Hall–Kier alpha value is -0.750. The van der Waals surface area contributed by atoms with Gasteiger partial charge in [-0.25, -0.2) is 0 Å². The van der Waals surface area contributed by atoms with E-state index in [1.165, 1.54) is 4.80 Å². The van der Waals surface area contributed by atoms with Crippen molar-refractivity contribution < 1.29 is 0 Å². The van der Waals surface area contributed by atoms with E-state index in [-0.39, 0.29) is 17.0 Å². The summed E-state index contributed by atoms with van der Waals surface area (Å²) in [6.07, 6.45) is 3.21. The second-order valence-corrected chi connectivity index (χ2v) is 2.80. The van der Waals surface area contributed by atoms with Crippen LogP contribution in [0.15, 0.2) is 6.08 Å². The van der Waals surface area contributed by atoms with E-state index in [4.69, 9.17) is 0 Å². The van der Waals surface area contributed by atoms with Gasteiger partial charge in [-0.3, -0.25) is 0 Å². The number of rotatable bonds is 1. The van der Waals surface area contributed by atoms with Gasteiger partial charge in [-0.15, -0.1) is 27.2 Å². The van der Waals surface area contributed by atoms with Gasteiger partial charge in [0.2, 0.25) is 5.82 Å². The lowest BCUT2D eigenvalue weighted by Crippen LogP contribution is -2.21. The normalized spacial score (nSPS) is 16.2. The molecular formula is C7H12BrN5. The minimum Gasteiger partial charge on any atom is -0.312 e. The van der Waals surface area contributed by atoms with Crippen LogP contribution in [0.25, 0.3) is 5.57 Å². The van der Waals surface area contributed by atoms with Crippen molar-refractivity contribution in [3.05, 3.63) is 11.9 Å². The molecule has 1 aliphatic heterocycles. The number of hydrogen-bond donors (Lipinski definition) is 1. The molecule has 72 valence electrons. The second kappa shape index (κ2) is 4.48. The van der Waals surface area contributed by atoms with Crippen LogP contribution in [-0.4, -0.2) is 33.3 Å². The number of nitrogens with one attached hydrogen (secondary N) is 1. The fourth-order valence-electron chi connectivity index (χ4n) is 1.23. The van der Waals surface area contributed by atoms with Crippen LogP contribution < -0.4 is 5.32 Å². The zero-order valence-corrected chi connectivity index (χ0v) is 9.11. The molecule has 0 fully saturated rings. The Morgan fingerprint density at radius 3 is 2.92 bits per heavy atom. The number of aryl methyl sites for hydroxylation is 1. The summed E-state index contributed by atoms with van der Waals surface area (Å²) in [5.74, 6) is 0.740. The predicted octanol–water partition coefficient (Wildman–Crippen LogP) is 0.165. The van der Waals surface area contributed by atoms with Crippen LogP contribution >= 0.6 is 17.0 Å². The molecule has 5 nitrogen and oxygen atoms in total. The van der Waals surface area contributed by atoms with Crippen LogP contribution in [-0.2, 0) is 7.05 Å². The molecule has 0 bridgehead atoms. The number of aromatic nitrogens is 4. The molecule has 0 atom stereocenters. The number of tetrazole rings is 1. The molecule has 0 aliphatic carbocycles. The third-order valence-electron chi connectivity index (χ3n) is 1.82. The third kappa shape index (κ3) is 2.35. The van der Waals surface area contributed by atoms with E-state index in [1.807, 2.05) is 0 Å². The first-order valence-corrected chi connectivity index (χ1v) is 4.00. The zero-order chi connectivity index (χ0) is 8.39. The van der Waals surface area contributed by atoms with Crippen LogP contribution in [0.5, 0.6) is 0 Å². The first-order valence-electron chi connectivity index (χ1n) is 4.00. The molecule has 13 heavy (non-hydrogen) atoms. The Morgan fingerprint density at radius 2 is 2.38 bits per heavy atom. The van der Waals surface area contributed by atoms with Gasteiger partial charge in [0.1, 0.15) is 0 Å². The van der Waals surface area contributed by atoms with Gasteiger partial charge < -0.3 is 5.32 Å². The standard InChI is InChI=1S/C7H11N5.BrH/c1-12-10-7(9-11-12)6-3-2-4-8-5-6;/h3,8H,2,4-5H2,1H3;1H. The van der Waals surface area contributed by atoms with E-state index >= 15 is 0 Å². The third-order valence-corrected chi connectivity index (χ3v) is 1.82. The molecule has 1 aromatic heterocycles. The Balaban J connectivity index is 0.000000845. The van der Waals surface area contributed by atoms with E-state index in [2.05, 4.69) is 26.8 Å². The smallest absolute Gasteiger partial charge is 0.201 e. The monoisotopic (exact) mass is 245 g/mol. The van der Waals surface area contributed by atoms with Crippen LogP contribution in [0.4, 0.5) is 0 Å². The topological polar surface area (TPSA) is 55.6 Å². The number of hydrogen-bond acceptors (Lipinski definition) is 4. The van der Waals surface area contributed by atoms with Gasteiger partial charge in [-0.2, -0.15) is 4.80 Å². The van der Waals surface area contributed by atoms with Gasteiger partial charge in [0, 0.05) is 12.1 Å². The fraction of sp³-hybridized carbons (Fsp3) is 0.571. The molecule has 0 saturated heterocycles. The summed E-state index contributed by atoms with van der Waals surface area (Å²) in [5.41, 5.74) is 1.15. The Bertz CT molecular complexity index is 306. The molecule has 0 radical (unpaired) electrons. The van der Waals surface area contributed by atoms with Gasteiger partial charge in [-0.05, 0) is 18.2 Å². The lowest BCUT2D eigenvalue weighted by atomic mass is 10.1. The SMILES string of the molecule is Br.Cn1nnc(C2=CCCNC2)n1. The fourth-order valence-corrected chi connectivity index (χ4v) is 1.23. The van der Waals surface area contributed by atoms with Crippen molar-refractivity contribution in [1.29, 1.82) is 0 Å². The Labute approximate surface area is 87.0 Å². The summed E-state index contributed by atoms with van der Waals surface area (Å²) >= 11 is 0. The first kappa shape index (κ1) is 10.3. The average molecular weight is 246 g/mol. The molecule has 1 aliphatic rings. The highest BCUT2D eigenvalue weighted by Gasteiger charge is 2.09. The van der Waals surface area contributed by atoms with Crippen molar-refractivity contribution in [3.63, 3.8) is 0 Å². The zero-order valence-electron chi connectivity index (χ0n) is 7.40. The van der Waals surface area contributed by atoms with Crippen molar-refractivity contribution in [2.45, 2.75) is 6.42 Å². The van der Waals surface area contributed by atoms with Gasteiger partial charge in [0.15, 0.2) is 0 Å². The maximum atomic E-state index is 4.12. The summed E-state index contributed by atoms with van der Waals surface area (Å²) in [5, 5.41) is 15.1. The predicted molar refractivity (Wildman–Crippen MR) is 54.6 cm³/mol. The van der Waals surface area contributed by atoms with Crippen LogP contribution in [0.3, 0.4) is 0 Å². The molecule has 0 aromatic carbocycles. The van der Waals surface area contributed by atoms with Crippen LogP contribution in [0, 0.1) is 0 Å². The number of nitrogens with zero attached hydrogens (tertiary/aromatic N) is 4. The van der Waals surface area contributed by atoms with Crippen molar-refractivity contribution >= 4 is 22.6 Å². The van der Waals surface area contributed by atoms with Crippen molar-refractivity contribution in [2.75, 3.05) is 13.1 Å². The van der Waals surface area contributed by atoms with Crippen molar-refractivity contribution in [3.8, 4) is 0 Å². The molecule has 0 unspecified atom stereocenters. The molecule has 6 heteroatoms. The quantitative estimate of drug-likeness (QED) is 0.767. The Kier molecular flexibility index (Phi) is 3.56. The molecular weight excluding hydrogens is 234 g/mol. The van der Waals surface area contributed by atoms with E-state index < -0.39 is 0 Å². The molecule has 0 spiro atoms. The molecule has 0 amide bonds. The molecule has 2 heterocycles. The van der Waals surface area contributed by atoms with Crippen molar-refractivity contribution in [1.82, 2.24) is 25.5 Å². The highest BCUT2D eigenvalue weighted by Crippen LogP contribution is 2.10. The maximum Gasteiger partial charge on any atom is 0.201 e. The van der Waals surface area contributed by atoms with E-state index in [0.717, 1.165) is 30.9 Å². The molecule has 2 rings (SSSR count). The lowest BCUT2D eigenvalue weighted by Gasteiger charge is -2.10. The van der Waals surface area contributed by atoms with Crippen LogP contribution in [0.1, 0.15) is 12.2 Å². The lowest BCUT2D eigenvalue weighted by molar-refractivity contribution is 0.629.